The molecule has 0 aromatic carbocycles. The summed E-state index contributed by atoms with van der Waals surface area (Å²) < 4.78 is 24.2. The van der Waals surface area contributed by atoms with Gasteiger partial charge in [0.05, 0.1) is 24.5 Å². The maximum Gasteiger partial charge on any atom is 0.408 e. The Balaban J connectivity index is 1.55. The standard InChI is InChI=1S/C31H42FN5O8/c1-18(22-13-12-20(32)16-33-22)34-28(42)44-21-14-24-25(38)36-31(27(40)41)15-19(31)10-8-6-5-7-9-11-23(26(39)37(24)17-21)35-29(43)45-30(2,3)4/h8,10,12-13,16,18-19,21,23-24H,5-7,9,11,14-15,17H2,1-4H3,(H,34,42)(H,35,43)(H,36,38)(H,40,41)/b10-8-/t18-,19-,21+,23-,24-,31+/m0/s1. The molecule has 0 unspecified atom stereocenters. The van der Waals surface area contributed by atoms with Crippen LogP contribution in [-0.4, -0.2) is 80.8 Å². The first-order valence-corrected chi connectivity index (χ1v) is 15.3. The quantitative estimate of drug-likeness (QED) is 0.355. The summed E-state index contributed by atoms with van der Waals surface area (Å²) in [5.74, 6) is -3.35. The molecule has 6 atom stereocenters. The molecule has 1 aromatic rings. The van der Waals surface area contributed by atoms with Crippen LogP contribution in [0.5, 0.6) is 0 Å². The fourth-order valence-corrected chi connectivity index (χ4v) is 5.68. The van der Waals surface area contributed by atoms with Crippen LogP contribution in [0, 0.1) is 11.7 Å². The van der Waals surface area contributed by atoms with E-state index in [0.717, 1.165) is 19.0 Å². The highest BCUT2D eigenvalue weighted by atomic mass is 19.1. The molecule has 13 nitrogen and oxygen atoms in total. The number of hydrogen-bond acceptors (Lipinski definition) is 8. The molecule has 45 heavy (non-hydrogen) atoms. The molecule has 14 heteroatoms. The van der Waals surface area contributed by atoms with E-state index in [0.29, 0.717) is 18.5 Å². The zero-order chi connectivity index (χ0) is 32.9. The van der Waals surface area contributed by atoms with E-state index in [1.165, 1.54) is 17.0 Å². The number of aliphatic carboxylic acids is 1. The number of carboxylic acid groups (broad SMARTS) is 1. The number of rotatable bonds is 5. The molecule has 2 fully saturated rings. The van der Waals surface area contributed by atoms with Crippen molar-refractivity contribution in [3.8, 4) is 0 Å². The minimum absolute atomic E-state index is 0.0937. The summed E-state index contributed by atoms with van der Waals surface area (Å²) in [6.45, 7) is 6.56. The summed E-state index contributed by atoms with van der Waals surface area (Å²) in [6.07, 6.45) is 5.47. The van der Waals surface area contributed by atoms with Crippen LogP contribution in [0.15, 0.2) is 30.5 Å². The van der Waals surface area contributed by atoms with Crippen LogP contribution < -0.4 is 16.0 Å². The van der Waals surface area contributed by atoms with Gasteiger partial charge in [0.1, 0.15) is 35.1 Å². The van der Waals surface area contributed by atoms with Crippen LogP contribution >= 0.6 is 0 Å². The topological polar surface area (TPSA) is 176 Å². The highest BCUT2D eigenvalue weighted by molar-refractivity contribution is 5.96. The van der Waals surface area contributed by atoms with Crippen molar-refractivity contribution in [3.63, 3.8) is 0 Å². The minimum atomic E-state index is -1.50. The van der Waals surface area contributed by atoms with Crippen molar-refractivity contribution in [2.75, 3.05) is 6.54 Å². The summed E-state index contributed by atoms with van der Waals surface area (Å²) in [5.41, 5.74) is -1.91. The monoisotopic (exact) mass is 631 g/mol. The van der Waals surface area contributed by atoms with Crippen LogP contribution in [0.1, 0.15) is 84.4 Å². The van der Waals surface area contributed by atoms with Crippen LogP contribution in [0.4, 0.5) is 14.0 Å². The molecule has 2 aliphatic heterocycles. The number of carboxylic acids is 1. The van der Waals surface area contributed by atoms with Gasteiger partial charge in [-0.05, 0) is 65.5 Å². The highest BCUT2D eigenvalue weighted by Gasteiger charge is 2.61. The molecule has 1 aliphatic carbocycles. The zero-order valence-electron chi connectivity index (χ0n) is 26.0. The van der Waals surface area contributed by atoms with Gasteiger partial charge in [0.25, 0.3) is 0 Å². The number of nitrogens with zero attached hydrogens (tertiary/aromatic N) is 2. The van der Waals surface area contributed by atoms with Gasteiger partial charge in [-0.1, -0.05) is 25.0 Å². The first kappa shape index (κ1) is 33.7. The molecule has 4 rings (SSSR count). The second kappa shape index (κ2) is 13.8. The van der Waals surface area contributed by atoms with E-state index in [4.69, 9.17) is 9.47 Å². The molecule has 4 N–H and O–H groups in total. The first-order valence-electron chi connectivity index (χ1n) is 15.3. The molecule has 3 aliphatic rings. The van der Waals surface area contributed by atoms with Crippen molar-refractivity contribution in [2.24, 2.45) is 5.92 Å². The second-order valence-corrected chi connectivity index (χ2v) is 12.9. The third kappa shape index (κ3) is 8.70. The maximum atomic E-state index is 14.0. The van der Waals surface area contributed by atoms with Gasteiger partial charge in [0.2, 0.25) is 11.8 Å². The molecule has 1 saturated heterocycles. The van der Waals surface area contributed by atoms with Crippen LogP contribution in [-0.2, 0) is 23.9 Å². The van der Waals surface area contributed by atoms with Gasteiger partial charge in [-0.2, -0.15) is 0 Å². The smallest absolute Gasteiger partial charge is 0.408 e. The largest absolute Gasteiger partial charge is 0.479 e. The number of fused-ring (bicyclic) bond motifs is 2. The number of halogens is 1. The van der Waals surface area contributed by atoms with E-state index in [-0.39, 0.29) is 25.8 Å². The fraction of sp³-hybridized carbons (Fsp3) is 0.613. The molecule has 246 valence electrons. The van der Waals surface area contributed by atoms with Crippen molar-refractivity contribution in [3.05, 3.63) is 42.0 Å². The van der Waals surface area contributed by atoms with E-state index >= 15 is 0 Å². The Bertz CT molecular complexity index is 1320. The molecule has 3 heterocycles. The number of alkyl carbamates (subject to hydrolysis) is 2. The number of hydrogen-bond donors (Lipinski definition) is 4. The van der Waals surface area contributed by atoms with Crippen LogP contribution in [0.3, 0.4) is 0 Å². The summed E-state index contributed by atoms with van der Waals surface area (Å²) in [5, 5.41) is 17.9. The Morgan fingerprint density at radius 1 is 1.18 bits per heavy atom. The number of carbonyl (C=O) groups excluding carboxylic acids is 4. The van der Waals surface area contributed by atoms with Gasteiger partial charge >= 0.3 is 18.2 Å². The van der Waals surface area contributed by atoms with E-state index in [1.807, 2.05) is 12.2 Å². The molecular formula is C31H42FN5O8. The Labute approximate surface area is 261 Å². The van der Waals surface area contributed by atoms with Crippen molar-refractivity contribution >= 4 is 30.0 Å². The Hall–Kier alpha value is -4.23. The third-order valence-electron chi connectivity index (χ3n) is 8.11. The predicted octanol–water partition coefficient (Wildman–Crippen LogP) is 3.35. The Morgan fingerprint density at radius 2 is 1.93 bits per heavy atom. The molecular weight excluding hydrogens is 589 g/mol. The van der Waals surface area contributed by atoms with E-state index in [2.05, 4.69) is 20.9 Å². The number of aromatic nitrogens is 1. The normalized spacial score (nSPS) is 28.6. The molecule has 1 aromatic heterocycles. The Kier molecular flexibility index (Phi) is 10.3. The summed E-state index contributed by atoms with van der Waals surface area (Å²) >= 11 is 0. The number of amides is 4. The number of pyridine rings is 1. The van der Waals surface area contributed by atoms with Gasteiger partial charge in [0.15, 0.2) is 0 Å². The molecule has 0 spiro atoms. The third-order valence-corrected chi connectivity index (χ3v) is 8.11. The summed E-state index contributed by atoms with van der Waals surface area (Å²) in [4.78, 5) is 70.6. The SMILES string of the molecule is C[C@H](NC(=O)O[C@@H]1C[C@H]2C(=O)N[C@]3(C(=O)O)C[C@@H]3/C=C\CCCCC[C@H](NC(=O)OC(C)(C)C)C(=O)N2C1)c1ccc(F)cn1. The molecule has 0 radical (unpaired) electrons. The highest BCUT2D eigenvalue weighted by Crippen LogP contribution is 2.45. The summed E-state index contributed by atoms with van der Waals surface area (Å²) in [7, 11) is 0. The average Bonchev–Trinajstić information content (AvgIpc) is 3.48. The predicted molar refractivity (Wildman–Crippen MR) is 158 cm³/mol. The fourth-order valence-electron chi connectivity index (χ4n) is 5.68. The van der Waals surface area contributed by atoms with Crippen LogP contribution in [0.25, 0.3) is 0 Å². The number of ether oxygens (including phenoxy) is 2. The lowest BCUT2D eigenvalue weighted by Crippen LogP contribution is -2.56. The number of allylic oxidation sites excluding steroid dienone is 1. The number of nitrogens with one attached hydrogen (secondary N) is 3. The van der Waals surface area contributed by atoms with E-state index < -0.39 is 77.1 Å². The number of carbonyl (C=O) groups is 5. The lowest BCUT2D eigenvalue weighted by Gasteiger charge is -2.30. The van der Waals surface area contributed by atoms with E-state index in [1.54, 1.807) is 27.7 Å². The average molecular weight is 632 g/mol. The Morgan fingerprint density at radius 3 is 2.60 bits per heavy atom. The van der Waals surface area contributed by atoms with Gasteiger partial charge in [-0.25, -0.2) is 18.8 Å². The van der Waals surface area contributed by atoms with Gasteiger partial charge in [-0.3, -0.25) is 14.6 Å². The summed E-state index contributed by atoms with van der Waals surface area (Å²) in [6, 6.07) is -0.195. The van der Waals surface area contributed by atoms with E-state index in [9.17, 15) is 33.5 Å². The lowest BCUT2D eigenvalue weighted by atomic mass is 10.0. The van der Waals surface area contributed by atoms with Gasteiger partial charge in [0, 0.05) is 12.3 Å². The molecule has 4 amide bonds. The van der Waals surface area contributed by atoms with Gasteiger partial charge < -0.3 is 35.4 Å². The molecule has 1 saturated carbocycles. The van der Waals surface area contributed by atoms with Crippen molar-refractivity contribution < 1.29 is 42.9 Å². The van der Waals surface area contributed by atoms with Crippen LogP contribution in [0.2, 0.25) is 0 Å². The van der Waals surface area contributed by atoms with Crippen molar-refractivity contribution in [2.45, 2.75) is 108 Å². The maximum absolute atomic E-state index is 14.0. The van der Waals surface area contributed by atoms with Crippen molar-refractivity contribution in [1.29, 1.82) is 0 Å². The zero-order valence-corrected chi connectivity index (χ0v) is 26.0. The van der Waals surface area contributed by atoms with Gasteiger partial charge in [-0.15, -0.1) is 0 Å². The van der Waals surface area contributed by atoms with Crippen molar-refractivity contribution in [1.82, 2.24) is 25.8 Å². The second-order valence-electron chi connectivity index (χ2n) is 12.9. The first-order chi connectivity index (χ1) is 21.2. The minimum Gasteiger partial charge on any atom is -0.479 e. The lowest BCUT2D eigenvalue weighted by molar-refractivity contribution is -0.145. The molecule has 0 bridgehead atoms.